The molecule has 2 unspecified atom stereocenters. The first-order valence-electron chi connectivity index (χ1n) is 3.24. The Labute approximate surface area is 79.4 Å². The molecule has 1 heterocycles. The molecule has 0 aromatic rings. The summed E-state index contributed by atoms with van der Waals surface area (Å²) in [5.74, 6) is -0.394. The zero-order valence-corrected chi connectivity index (χ0v) is 7.80. The molecule has 1 fully saturated rings. The minimum absolute atomic E-state index is 0.0589. The van der Waals surface area contributed by atoms with Gasteiger partial charge >= 0.3 is 0 Å². The summed E-state index contributed by atoms with van der Waals surface area (Å²) in [7, 11) is 0. The molecular weight excluding hydrogens is 205 g/mol. The SMILES string of the molecule is CC(=O)N1C(Cl)COC1(Cl)C=O. The zero-order valence-electron chi connectivity index (χ0n) is 6.29. The van der Waals surface area contributed by atoms with Gasteiger partial charge in [0.25, 0.3) is 5.18 Å². The Morgan fingerprint density at radius 1 is 1.83 bits per heavy atom. The molecule has 12 heavy (non-hydrogen) atoms. The third-order valence-electron chi connectivity index (χ3n) is 1.52. The molecule has 0 aliphatic carbocycles. The van der Waals surface area contributed by atoms with Crippen molar-refractivity contribution in [2.75, 3.05) is 6.61 Å². The summed E-state index contributed by atoms with van der Waals surface area (Å²) in [6, 6.07) is 0. The molecule has 68 valence electrons. The lowest BCUT2D eigenvalue weighted by Gasteiger charge is -2.26. The molecule has 0 spiro atoms. The molecule has 0 radical (unpaired) electrons. The number of halogens is 2. The summed E-state index contributed by atoms with van der Waals surface area (Å²) < 4.78 is 4.85. The minimum atomic E-state index is -1.71. The van der Waals surface area contributed by atoms with Gasteiger partial charge in [-0.3, -0.25) is 14.5 Å². The lowest BCUT2D eigenvalue weighted by molar-refractivity contribution is -0.143. The average Bonchev–Trinajstić information content (AvgIpc) is 2.28. The summed E-state index contributed by atoms with van der Waals surface area (Å²) in [6.07, 6.45) is 0.346. The van der Waals surface area contributed by atoms with Gasteiger partial charge < -0.3 is 4.74 Å². The van der Waals surface area contributed by atoms with Gasteiger partial charge in [0.1, 0.15) is 5.50 Å². The van der Waals surface area contributed by atoms with Crippen LogP contribution in [0.4, 0.5) is 0 Å². The standard InChI is InChI=1S/C6H7Cl2NO3/c1-4(11)9-5(7)2-12-6(9,8)3-10/h3,5H,2H2,1H3. The molecule has 0 N–H and O–H groups in total. The fourth-order valence-electron chi connectivity index (χ4n) is 1.02. The van der Waals surface area contributed by atoms with E-state index >= 15 is 0 Å². The van der Waals surface area contributed by atoms with Crippen molar-refractivity contribution in [3.8, 4) is 0 Å². The van der Waals surface area contributed by atoms with Crippen LogP contribution >= 0.6 is 23.2 Å². The van der Waals surface area contributed by atoms with Crippen molar-refractivity contribution >= 4 is 35.4 Å². The largest absolute Gasteiger partial charge is 0.333 e. The summed E-state index contributed by atoms with van der Waals surface area (Å²) in [5, 5.41) is -1.71. The Bertz CT molecular complexity index is 223. The fraction of sp³-hybridized carbons (Fsp3) is 0.667. The minimum Gasteiger partial charge on any atom is -0.333 e. The second-order valence-electron chi connectivity index (χ2n) is 2.36. The Morgan fingerprint density at radius 2 is 2.42 bits per heavy atom. The van der Waals surface area contributed by atoms with Crippen molar-refractivity contribution < 1.29 is 14.3 Å². The van der Waals surface area contributed by atoms with Gasteiger partial charge in [0, 0.05) is 6.92 Å². The molecule has 0 saturated carbocycles. The number of hydrogen-bond acceptors (Lipinski definition) is 3. The number of hydrogen-bond donors (Lipinski definition) is 0. The molecule has 2 atom stereocenters. The van der Waals surface area contributed by atoms with Gasteiger partial charge in [-0.1, -0.05) is 23.2 Å². The van der Waals surface area contributed by atoms with Crippen molar-refractivity contribution in [3.05, 3.63) is 0 Å². The number of ether oxygens (including phenoxy) is 1. The van der Waals surface area contributed by atoms with E-state index < -0.39 is 16.6 Å². The van der Waals surface area contributed by atoms with Gasteiger partial charge in [-0.2, -0.15) is 0 Å². The van der Waals surface area contributed by atoms with Crippen LogP contribution in [0.25, 0.3) is 0 Å². The van der Waals surface area contributed by atoms with Gasteiger partial charge in [0.15, 0.2) is 6.29 Å². The van der Waals surface area contributed by atoms with Gasteiger partial charge in [-0.15, -0.1) is 0 Å². The molecule has 1 rings (SSSR count). The van der Waals surface area contributed by atoms with E-state index in [9.17, 15) is 9.59 Å². The van der Waals surface area contributed by atoms with E-state index in [0.717, 1.165) is 4.90 Å². The number of carbonyl (C=O) groups is 2. The molecule has 1 saturated heterocycles. The first-order chi connectivity index (χ1) is 5.51. The number of alkyl halides is 2. The molecule has 1 aliphatic heterocycles. The van der Waals surface area contributed by atoms with Crippen molar-refractivity contribution in [2.24, 2.45) is 0 Å². The molecular formula is C6H7Cl2NO3. The molecule has 1 amide bonds. The van der Waals surface area contributed by atoms with E-state index in [1.54, 1.807) is 0 Å². The van der Waals surface area contributed by atoms with E-state index in [0.29, 0.717) is 6.29 Å². The van der Waals surface area contributed by atoms with E-state index in [2.05, 4.69) is 0 Å². The van der Waals surface area contributed by atoms with Gasteiger partial charge in [0.2, 0.25) is 5.91 Å². The van der Waals surface area contributed by atoms with Crippen molar-refractivity contribution in [3.63, 3.8) is 0 Å². The van der Waals surface area contributed by atoms with Gasteiger partial charge in [0.05, 0.1) is 6.61 Å². The number of aldehydes is 1. The predicted octanol–water partition coefficient (Wildman–Crippen LogP) is 0.521. The smallest absolute Gasteiger partial charge is 0.281 e. The van der Waals surface area contributed by atoms with E-state index in [-0.39, 0.29) is 6.61 Å². The molecule has 0 bridgehead atoms. The summed E-state index contributed by atoms with van der Waals surface area (Å²) in [6.45, 7) is 1.33. The molecule has 0 aromatic carbocycles. The number of rotatable bonds is 1. The van der Waals surface area contributed by atoms with Gasteiger partial charge in [-0.05, 0) is 0 Å². The Kier molecular flexibility index (Phi) is 2.61. The number of carbonyl (C=O) groups excluding carboxylic acids is 2. The van der Waals surface area contributed by atoms with Crippen LogP contribution in [0.2, 0.25) is 0 Å². The Hall–Kier alpha value is -0.320. The number of nitrogens with zero attached hydrogens (tertiary/aromatic N) is 1. The van der Waals surface area contributed by atoms with Crippen LogP contribution in [0.3, 0.4) is 0 Å². The van der Waals surface area contributed by atoms with Crippen LogP contribution in [0.5, 0.6) is 0 Å². The van der Waals surface area contributed by atoms with Crippen molar-refractivity contribution in [1.29, 1.82) is 0 Å². The van der Waals surface area contributed by atoms with Crippen LogP contribution in [-0.2, 0) is 14.3 Å². The highest BCUT2D eigenvalue weighted by Gasteiger charge is 2.47. The highest BCUT2D eigenvalue weighted by atomic mass is 35.5. The fourth-order valence-corrected chi connectivity index (χ4v) is 1.72. The quantitative estimate of drug-likeness (QED) is 0.361. The lowest BCUT2D eigenvalue weighted by atomic mass is 10.4. The summed E-state index contributed by atoms with van der Waals surface area (Å²) >= 11 is 11.3. The molecule has 0 aromatic heterocycles. The Balaban J connectivity index is 2.91. The third-order valence-corrected chi connectivity index (χ3v) is 2.22. The topological polar surface area (TPSA) is 46.6 Å². The second-order valence-corrected chi connectivity index (χ2v) is 3.41. The van der Waals surface area contributed by atoms with E-state index in [1.165, 1.54) is 6.92 Å². The molecule has 1 aliphatic rings. The van der Waals surface area contributed by atoms with E-state index in [4.69, 9.17) is 27.9 Å². The number of amides is 1. The Morgan fingerprint density at radius 3 is 2.75 bits per heavy atom. The average molecular weight is 212 g/mol. The monoisotopic (exact) mass is 211 g/mol. The van der Waals surface area contributed by atoms with Crippen LogP contribution in [0, 0.1) is 0 Å². The first-order valence-corrected chi connectivity index (χ1v) is 4.06. The zero-order chi connectivity index (χ0) is 9.35. The lowest BCUT2D eigenvalue weighted by Crippen LogP contribution is -2.46. The van der Waals surface area contributed by atoms with Crippen LogP contribution in [0.1, 0.15) is 6.92 Å². The summed E-state index contributed by atoms with van der Waals surface area (Å²) in [4.78, 5) is 22.4. The summed E-state index contributed by atoms with van der Waals surface area (Å²) in [5.41, 5.74) is -0.676. The van der Waals surface area contributed by atoms with Crippen LogP contribution in [-0.4, -0.2) is 34.4 Å². The normalized spacial score (nSPS) is 35.2. The second kappa shape index (κ2) is 3.20. The van der Waals surface area contributed by atoms with Crippen molar-refractivity contribution in [1.82, 2.24) is 4.90 Å². The third kappa shape index (κ3) is 1.42. The highest BCUT2D eigenvalue weighted by molar-refractivity contribution is 6.32. The predicted molar refractivity (Wildman–Crippen MR) is 42.8 cm³/mol. The van der Waals surface area contributed by atoms with E-state index in [1.807, 2.05) is 0 Å². The first kappa shape index (κ1) is 9.77. The van der Waals surface area contributed by atoms with Crippen LogP contribution in [0.15, 0.2) is 0 Å². The molecule has 6 heteroatoms. The maximum Gasteiger partial charge on any atom is 0.281 e. The molecule has 4 nitrogen and oxygen atoms in total. The highest BCUT2D eigenvalue weighted by Crippen LogP contribution is 2.31. The van der Waals surface area contributed by atoms with Crippen molar-refractivity contribution in [2.45, 2.75) is 17.6 Å². The van der Waals surface area contributed by atoms with Gasteiger partial charge in [-0.25, -0.2) is 0 Å². The van der Waals surface area contributed by atoms with Crippen LogP contribution < -0.4 is 0 Å². The maximum atomic E-state index is 10.9. The maximum absolute atomic E-state index is 10.9.